The third kappa shape index (κ3) is 7.11. The van der Waals surface area contributed by atoms with E-state index in [0.29, 0.717) is 25.7 Å². The minimum Gasteiger partial charge on any atom is -0.475 e. The van der Waals surface area contributed by atoms with Gasteiger partial charge in [0.2, 0.25) is 5.88 Å². The Morgan fingerprint density at radius 2 is 1.69 bits per heavy atom. The van der Waals surface area contributed by atoms with Gasteiger partial charge in [0.1, 0.15) is 12.2 Å². The quantitative estimate of drug-likeness (QED) is 0.442. The lowest BCUT2D eigenvalue weighted by atomic mass is 10.1. The number of nitrogens with zero attached hydrogens (tertiary/aromatic N) is 1. The number of benzene rings is 1. The Morgan fingerprint density at radius 3 is 2.31 bits per heavy atom. The molecule has 0 bridgehead atoms. The van der Waals surface area contributed by atoms with Crippen molar-refractivity contribution in [2.45, 2.75) is 32.8 Å². The summed E-state index contributed by atoms with van der Waals surface area (Å²) in [5.74, 6) is 0.262. The maximum atomic E-state index is 11.5. The second kappa shape index (κ2) is 9.20. The second-order valence-corrected chi connectivity index (χ2v) is 6.80. The van der Waals surface area contributed by atoms with E-state index in [-0.39, 0.29) is 12.4 Å². The molecule has 26 heavy (non-hydrogen) atoms. The van der Waals surface area contributed by atoms with Crippen molar-refractivity contribution in [3.8, 4) is 17.0 Å². The standard InChI is InChI=1S/C20H26N2O4/c1-20(2,3)26-19(23)10-11-24-12-13-25-18-9-6-16(14-22-18)15-4-7-17(21)8-5-15/h4-9,14H,10-13,21H2,1-3H3. The smallest absolute Gasteiger partial charge is 0.308 e. The molecule has 1 aromatic heterocycles. The number of carbonyl (C=O) groups excluding carboxylic acids is 1. The second-order valence-electron chi connectivity index (χ2n) is 6.80. The Balaban J connectivity index is 1.66. The first-order valence-electron chi connectivity index (χ1n) is 8.58. The Hall–Kier alpha value is -2.60. The van der Waals surface area contributed by atoms with Crippen LogP contribution in [0.1, 0.15) is 27.2 Å². The van der Waals surface area contributed by atoms with Crippen LogP contribution in [0.2, 0.25) is 0 Å². The van der Waals surface area contributed by atoms with Gasteiger partial charge >= 0.3 is 5.97 Å². The summed E-state index contributed by atoms with van der Waals surface area (Å²) in [6, 6.07) is 11.4. The Labute approximate surface area is 154 Å². The molecule has 0 radical (unpaired) electrons. The molecule has 0 amide bonds. The van der Waals surface area contributed by atoms with Crippen LogP contribution < -0.4 is 10.5 Å². The molecule has 1 aromatic carbocycles. The highest BCUT2D eigenvalue weighted by atomic mass is 16.6. The van der Waals surface area contributed by atoms with E-state index in [4.69, 9.17) is 19.9 Å². The van der Waals surface area contributed by atoms with Crippen LogP contribution >= 0.6 is 0 Å². The van der Waals surface area contributed by atoms with Gasteiger partial charge < -0.3 is 19.9 Å². The first-order valence-corrected chi connectivity index (χ1v) is 8.58. The molecule has 0 aliphatic heterocycles. The van der Waals surface area contributed by atoms with E-state index >= 15 is 0 Å². The van der Waals surface area contributed by atoms with Crippen LogP contribution in [0.3, 0.4) is 0 Å². The predicted molar refractivity (Wildman–Crippen MR) is 101 cm³/mol. The minimum absolute atomic E-state index is 0.228. The maximum Gasteiger partial charge on any atom is 0.308 e. The fourth-order valence-corrected chi connectivity index (χ4v) is 2.17. The van der Waals surface area contributed by atoms with Gasteiger partial charge in [0.15, 0.2) is 0 Å². The summed E-state index contributed by atoms with van der Waals surface area (Å²) in [4.78, 5) is 15.8. The molecule has 0 saturated heterocycles. The summed E-state index contributed by atoms with van der Waals surface area (Å²) in [7, 11) is 0. The molecule has 0 spiro atoms. The van der Waals surface area contributed by atoms with Crippen molar-refractivity contribution in [3.05, 3.63) is 42.6 Å². The van der Waals surface area contributed by atoms with Gasteiger partial charge in [0.25, 0.3) is 0 Å². The predicted octanol–water partition coefficient (Wildman–Crippen LogP) is 3.46. The van der Waals surface area contributed by atoms with Crippen LogP contribution in [0, 0.1) is 0 Å². The van der Waals surface area contributed by atoms with Gasteiger partial charge in [-0.15, -0.1) is 0 Å². The molecular formula is C20H26N2O4. The van der Waals surface area contributed by atoms with Gasteiger partial charge in [-0.25, -0.2) is 4.98 Å². The number of hydrogen-bond acceptors (Lipinski definition) is 6. The number of anilines is 1. The number of nitrogen functional groups attached to an aromatic ring is 1. The molecular weight excluding hydrogens is 332 g/mol. The van der Waals surface area contributed by atoms with E-state index in [1.807, 2.05) is 57.2 Å². The largest absolute Gasteiger partial charge is 0.475 e. The van der Waals surface area contributed by atoms with Crippen molar-refractivity contribution < 1.29 is 19.0 Å². The molecule has 2 rings (SSSR count). The SMILES string of the molecule is CC(C)(C)OC(=O)CCOCCOc1ccc(-c2ccc(N)cc2)cn1. The molecule has 2 N–H and O–H groups in total. The molecule has 0 fully saturated rings. The number of aromatic nitrogens is 1. The van der Waals surface area contributed by atoms with Crippen LogP contribution in [0.4, 0.5) is 5.69 Å². The molecule has 0 atom stereocenters. The van der Waals surface area contributed by atoms with Crippen molar-refractivity contribution in [1.29, 1.82) is 0 Å². The number of pyridine rings is 1. The molecule has 140 valence electrons. The zero-order chi connectivity index (χ0) is 19.0. The lowest BCUT2D eigenvalue weighted by Crippen LogP contribution is -2.24. The summed E-state index contributed by atoms with van der Waals surface area (Å²) in [5.41, 5.74) is 7.99. The number of nitrogens with two attached hydrogens (primary N) is 1. The Morgan fingerprint density at radius 1 is 1.00 bits per heavy atom. The van der Waals surface area contributed by atoms with Gasteiger partial charge in [-0.05, 0) is 44.5 Å². The van der Waals surface area contributed by atoms with Crippen LogP contribution in [0.25, 0.3) is 11.1 Å². The molecule has 2 aromatic rings. The highest BCUT2D eigenvalue weighted by Crippen LogP contribution is 2.21. The first kappa shape index (κ1) is 19.7. The minimum atomic E-state index is -0.468. The van der Waals surface area contributed by atoms with E-state index in [0.717, 1.165) is 16.8 Å². The van der Waals surface area contributed by atoms with Gasteiger partial charge in [0.05, 0.1) is 19.6 Å². The number of ether oxygens (including phenoxy) is 3. The van der Waals surface area contributed by atoms with E-state index in [2.05, 4.69) is 4.98 Å². The van der Waals surface area contributed by atoms with Crippen molar-refractivity contribution in [1.82, 2.24) is 4.98 Å². The zero-order valence-electron chi connectivity index (χ0n) is 15.5. The Kier molecular flexibility index (Phi) is 6.97. The fraction of sp³-hybridized carbons (Fsp3) is 0.400. The van der Waals surface area contributed by atoms with Crippen LogP contribution in [0.5, 0.6) is 5.88 Å². The molecule has 0 aliphatic carbocycles. The molecule has 0 saturated carbocycles. The van der Waals surface area contributed by atoms with Crippen molar-refractivity contribution in [2.75, 3.05) is 25.6 Å². The summed E-state index contributed by atoms with van der Waals surface area (Å²) in [5, 5.41) is 0. The average Bonchev–Trinajstić information content (AvgIpc) is 2.58. The maximum absolute atomic E-state index is 11.5. The van der Waals surface area contributed by atoms with Crippen molar-refractivity contribution in [2.24, 2.45) is 0 Å². The fourth-order valence-electron chi connectivity index (χ4n) is 2.17. The summed E-state index contributed by atoms with van der Waals surface area (Å²) < 4.78 is 16.1. The van der Waals surface area contributed by atoms with Crippen LogP contribution in [-0.4, -0.2) is 36.4 Å². The topological polar surface area (TPSA) is 83.7 Å². The molecule has 6 nitrogen and oxygen atoms in total. The number of hydrogen-bond donors (Lipinski definition) is 1. The van der Waals surface area contributed by atoms with Gasteiger partial charge in [-0.1, -0.05) is 12.1 Å². The molecule has 0 unspecified atom stereocenters. The van der Waals surface area contributed by atoms with E-state index in [1.54, 1.807) is 6.20 Å². The molecule has 0 aliphatic rings. The Bertz CT molecular complexity index is 691. The van der Waals surface area contributed by atoms with Gasteiger partial charge in [0, 0.05) is 23.5 Å². The van der Waals surface area contributed by atoms with Gasteiger partial charge in [-0.2, -0.15) is 0 Å². The van der Waals surface area contributed by atoms with E-state index < -0.39 is 5.60 Å². The monoisotopic (exact) mass is 358 g/mol. The highest BCUT2D eigenvalue weighted by Gasteiger charge is 2.15. The molecule has 1 heterocycles. The summed E-state index contributed by atoms with van der Waals surface area (Å²) >= 11 is 0. The van der Waals surface area contributed by atoms with E-state index in [1.165, 1.54) is 0 Å². The number of rotatable bonds is 8. The van der Waals surface area contributed by atoms with Crippen molar-refractivity contribution >= 4 is 11.7 Å². The number of carbonyl (C=O) groups is 1. The first-order chi connectivity index (χ1) is 12.3. The lowest BCUT2D eigenvalue weighted by Gasteiger charge is -2.19. The van der Waals surface area contributed by atoms with Crippen LogP contribution in [-0.2, 0) is 14.3 Å². The third-order valence-electron chi connectivity index (χ3n) is 3.33. The highest BCUT2D eigenvalue weighted by molar-refractivity contribution is 5.69. The van der Waals surface area contributed by atoms with Gasteiger partial charge in [-0.3, -0.25) is 4.79 Å². The third-order valence-corrected chi connectivity index (χ3v) is 3.33. The zero-order valence-corrected chi connectivity index (χ0v) is 15.5. The molecule has 6 heteroatoms. The average molecular weight is 358 g/mol. The van der Waals surface area contributed by atoms with E-state index in [9.17, 15) is 4.79 Å². The normalized spacial score (nSPS) is 11.2. The number of esters is 1. The van der Waals surface area contributed by atoms with Crippen molar-refractivity contribution in [3.63, 3.8) is 0 Å². The van der Waals surface area contributed by atoms with Crippen LogP contribution in [0.15, 0.2) is 42.6 Å². The summed E-state index contributed by atoms with van der Waals surface area (Å²) in [6.07, 6.45) is 1.98. The summed E-state index contributed by atoms with van der Waals surface area (Å²) in [6.45, 7) is 6.57. The lowest BCUT2D eigenvalue weighted by molar-refractivity contribution is -0.156.